The third-order valence-electron chi connectivity index (χ3n) is 4.71. The summed E-state index contributed by atoms with van der Waals surface area (Å²) in [5.41, 5.74) is 4.32. The minimum atomic E-state index is -0.504. The van der Waals surface area contributed by atoms with Crippen LogP contribution in [0, 0.1) is 19.7 Å². The fourth-order valence-electron chi connectivity index (χ4n) is 3.06. The monoisotopic (exact) mass is 340 g/mol. The van der Waals surface area contributed by atoms with Crippen molar-refractivity contribution < 1.29 is 9.18 Å². The molecule has 2 N–H and O–H groups in total. The molecule has 1 aliphatic rings. The third-order valence-corrected chi connectivity index (χ3v) is 4.71. The molecule has 0 aliphatic heterocycles. The van der Waals surface area contributed by atoms with Crippen molar-refractivity contribution in [2.45, 2.75) is 51.7 Å². The number of carbonyl (C=O) groups is 1. The molecule has 3 nitrogen and oxygen atoms in total. The molecule has 0 saturated heterocycles. The number of carbonyl (C=O) groups excluding carboxylic acids is 1. The zero-order chi connectivity index (χ0) is 18.0. The highest BCUT2D eigenvalue weighted by molar-refractivity contribution is 5.83. The van der Waals surface area contributed by atoms with Crippen molar-refractivity contribution in [3.05, 3.63) is 70.5 Å². The maximum Gasteiger partial charge on any atom is 0.241 e. The second-order valence-electron chi connectivity index (χ2n) is 7.02. The predicted molar refractivity (Wildman–Crippen MR) is 97.8 cm³/mol. The second kappa shape index (κ2) is 7.36. The molecule has 1 amide bonds. The molecular formula is C21H25FN2O. The van der Waals surface area contributed by atoms with Crippen LogP contribution in [0.1, 0.15) is 54.1 Å². The normalized spacial score (nSPS) is 16.3. The predicted octanol–water partition coefficient (Wildman–Crippen LogP) is 4.11. The average Bonchev–Trinajstić information content (AvgIpc) is 3.39. The van der Waals surface area contributed by atoms with Gasteiger partial charge in [-0.05, 0) is 62.4 Å². The molecule has 4 heteroatoms. The highest BCUT2D eigenvalue weighted by Crippen LogP contribution is 2.25. The zero-order valence-electron chi connectivity index (χ0n) is 15.0. The molecule has 3 rings (SSSR count). The molecule has 0 spiro atoms. The molecule has 2 unspecified atom stereocenters. The van der Waals surface area contributed by atoms with E-state index in [2.05, 4.69) is 49.6 Å². The first-order valence-electron chi connectivity index (χ1n) is 8.83. The highest BCUT2D eigenvalue weighted by atomic mass is 19.1. The zero-order valence-corrected chi connectivity index (χ0v) is 15.0. The Hall–Kier alpha value is -2.20. The lowest BCUT2D eigenvalue weighted by molar-refractivity contribution is -0.123. The summed E-state index contributed by atoms with van der Waals surface area (Å²) in [4.78, 5) is 12.7. The van der Waals surface area contributed by atoms with Gasteiger partial charge in [0, 0.05) is 12.1 Å². The number of halogens is 1. The second-order valence-corrected chi connectivity index (χ2v) is 7.02. The Morgan fingerprint density at radius 1 is 1.12 bits per heavy atom. The maximum absolute atomic E-state index is 13.3. The molecule has 1 saturated carbocycles. The molecule has 1 aliphatic carbocycles. The van der Waals surface area contributed by atoms with E-state index in [4.69, 9.17) is 0 Å². The molecule has 0 radical (unpaired) electrons. The Labute approximate surface area is 148 Å². The Morgan fingerprint density at radius 2 is 1.80 bits per heavy atom. The smallest absolute Gasteiger partial charge is 0.241 e. The number of hydrogen-bond acceptors (Lipinski definition) is 2. The van der Waals surface area contributed by atoms with E-state index in [1.807, 2.05) is 0 Å². The van der Waals surface area contributed by atoms with Crippen LogP contribution in [0.15, 0.2) is 42.5 Å². The van der Waals surface area contributed by atoms with Gasteiger partial charge in [0.2, 0.25) is 5.91 Å². The van der Waals surface area contributed by atoms with Crippen molar-refractivity contribution in [2.75, 3.05) is 0 Å². The van der Waals surface area contributed by atoms with Crippen LogP contribution >= 0.6 is 0 Å². The van der Waals surface area contributed by atoms with Crippen LogP contribution in [0.25, 0.3) is 0 Å². The standard InChI is InChI=1S/C21H25FN2O/c1-13-4-5-14(2)19(12-13)15(3)23-20(21(25)24-18-10-11-18)16-6-8-17(22)9-7-16/h4-9,12,15,18,20,23H,10-11H2,1-3H3,(H,24,25). The molecule has 2 aromatic rings. The minimum Gasteiger partial charge on any atom is -0.352 e. The molecular weight excluding hydrogens is 315 g/mol. The lowest BCUT2D eigenvalue weighted by Gasteiger charge is -2.25. The van der Waals surface area contributed by atoms with Crippen LogP contribution in [0.2, 0.25) is 0 Å². The van der Waals surface area contributed by atoms with Crippen molar-refractivity contribution in [3.63, 3.8) is 0 Å². The minimum absolute atomic E-state index is 0.0000869. The first kappa shape index (κ1) is 17.6. The van der Waals surface area contributed by atoms with Crippen molar-refractivity contribution in [2.24, 2.45) is 0 Å². The summed E-state index contributed by atoms with van der Waals surface area (Å²) in [6.45, 7) is 6.19. The number of rotatable bonds is 6. The van der Waals surface area contributed by atoms with Crippen LogP contribution in [-0.4, -0.2) is 11.9 Å². The van der Waals surface area contributed by atoms with E-state index in [0.29, 0.717) is 0 Å². The Bertz CT molecular complexity index is 753. The van der Waals surface area contributed by atoms with E-state index >= 15 is 0 Å². The molecule has 0 heterocycles. The van der Waals surface area contributed by atoms with Crippen LogP contribution in [-0.2, 0) is 4.79 Å². The van der Waals surface area contributed by atoms with Crippen molar-refractivity contribution in [3.8, 4) is 0 Å². The first-order chi connectivity index (χ1) is 11.9. The fraction of sp³-hybridized carbons (Fsp3) is 0.381. The molecule has 132 valence electrons. The van der Waals surface area contributed by atoms with Gasteiger partial charge in [-0.25, -0.2) is 4.39 Å². The number of hydrogen-bond donors (Lipinski definition) is 2. The summed E-state index contributed by atoms with van der Waals surface area (Å²) in [7, 11) is 0. The topological polar surface area (TPSA) is 41.1 Å². The van der Waals surface area contributed by atoms with E-state index in [1.165, 1.54) is 28.8 Å². The van der Waals surface area contributed by atoms with Gasteiger partial charge in [-0.1, -0.05) is 35.9 Å². The van der Waals surface area contributed by atoms with Crippen molar-refractivity contribution >= 4 is 5.91 Å². The molecule has 2 aromatic carbocycles. The van der Waals surface area contributed by atoms with Gasteiger partial charge in [0.1, 0.15) is 11.9 Å². The van der Waals surface area contributed by atoms with Gasteiger partial charge in [-0.2, -0.15) is 0 Å². The van der Waals surface area contributed by atoms with Gasteiger partial charge in [-0.3, -0.25) is 10.1 Å². The van der Waals surface area contributed by atoms with Crippen LogP contribution < -0.4 is 10.6 Å². The van der Waals surface area contributed by atoms with Gasteiger partial charge in [-0.15, -0.1) is 0 Å². The van der Waals surface area contributed by atoms with Crippen molar-refractivity contribution in [1.82, 2.24) is 10.6 Å². The third kappa shape index (κ3) is 4.45. The summed E-state index contributed by atoms with van der Waals surface area (Å²) in [6.07, 6.45) is 2.07. The maximum atomic E-state index is 13.3. The Kier molecular flexibility index (Phi) is 5.19. The number of benzene rings is 2. The van der Waals surface area contributed by atoms with Crippen molar-refractivity contribution in [1.29, 1.82) is 0 Å². The summed E-state index contributed by atoms with van der Waals surface area (Å²) in [6, 6.07) is 12.3. The SMILES string of the molecule is Cc1ccc(C)c(C(C)NC(C(=O)NC2CC2)c2ccc(F)cc2)c1. The number of amides is 1. The summed E-state index contributed by atoms with van der Waals surface area (Å²) >= 11 is 0. The van der Waals surface area contributed by atoms with Gasteiger partial charge in [0.15, 0.2) is 0 Å². The van der Waals surface area contributed by atoms with Gasteiger partial charge in [0.25, 0.3) is 0 Å². The molecule has 0 aromatic heterocycles. The quantitative estimate of drug-likeness (QED) is 0.831. The van der Waals surface area contributed by atoms with Gasteiger partial charge in [0.05, 0.1) is 0 Å². The highest BCUT2D eigenvalue weighted by Gasteiger charge is 2.29. The van der Waals surface area contributed by atoms with E-state index in [0.717, 1.165) is 18.4 Å². The van der Waals surface area contributed by atoms with Crippen LogP contribution in [0.5, 0.6) is 0 Å². The Morgan fingerprint density at radius 3 is 2.44 bits per heavy atom. The van der Waals surface area contributed by atoms with E-state index < -0.39 is 6.04 Å². The largest absolute Gasteiger partial charge is 0.352 e. The molecule has 2 atom stereocenters. The van der Waals surface area contributed by atoms with E-state index in [9.17, 15) is 9.18 Å². The lowest BCUT2D eigenvalue weighted by Crippen LogP contribution is -2.39. The number of aryl methyl sites for hydroxylation is 2. The lowest BCUT2D eigenvalue weighted by atomic mass is 9.97. The van der Waals surface area contributed by atoms with Crippen LogP contribution in [0.4, 0.5) is 4.39 Å². The number of nitrogens with one attached hydrogen (secondary N) is 2. The van der Waals surface area contributed by atoms with Gasteiger partial charge < -0.3 is 5.32 Å². The average molecular weight is 340 g/mol. The summed E-state index contributed by atoms with van der Waals surface area (Å²) in [5, 5.41) is 6.49. The molecule has 1 fully saturated rings. The van der Waals surface area contributed by atoms with Gasteiger partial charge >= 0.3 is 0 Å². The Balaban J connectivity index is 1.84. The molecule has 0 bridgehead atoms. The van der Waals surface area contributed by atoms with E-state index in [-0.39, 0.29) is 23.8 Å². The summed E-state index contributed by atoms with van der Waals surface area (Å²) < 4.78 is 13.3. The van der Waals surface area contributed by atoms with Crippen LogP contribution in [0.3, 0.4) is 0 Å². The summed E-state index contributed by atoms with van der Waals surface area (Å²) in [5.74, 6) is -0.348. The first-order valence-corrected chi connectivity index (χ1v) is 8.83. The van der Waals surface area contributed by atoms with E-state index in [1.54, 1.807) is 12.1 Å². The fourth-order valence-corrected chi connectivity index (χ4v) is 3.06. The molecule has 25 heavy (non-hydrogen) atoms.